The fourth-order valence-corrected chi connectivity index (χ4v) is 5.20. The number of rotatable bonds is 6. The molecule has 0 N–H and O–H groups in total. The first-order chi connectivity index (χ1) is 15.4. The number of benzene rings is 3. The second-order valence-corrected chi connectivity index (χ2v) is 10.2. The average Bonchev–Trinajstić information content (AvgIpc) is 3.12. The first-order valence-electron chi connectivity index (χ1n) is 9.54. The van der Waals surface area contributed by atoms with Gasteiger partial charge in [0.1, 0.15) is 5.75 Å². The summed E-state index contributed by atoms with van der Waals surface area (Å²) in [6, 6.07) is 19.4. The zero-order chi connectivity index (χ0) is 22.7. The van der Waals surface area contributed by atoms with Gasteiger partial charge in [-0.15, -0.1) is 0 Å². The molecule has 0 amide bonds. The van der Waals surface area contributed by atoms with Gasteiger partial charge in [-0.3, -0.25) is 0 Å². The molecule has 4 nitrogen and oxygen atoms in total. The summed E-state index contributed by atoms with van der Waals surface area (Å²) in [6.45, 7) is 0.540. The molecule has 0 saturated heterocycles. The highest BCUT2D eigenvalue weighted by Gasteiger charge is 2.26. The zero-order valence-electron chi connectivity index (χ0n) is 16.4. The topological polar surface area (TPSA) is 47.9 Å². The minimum atomic E-state index is -0.523. The van der Waals surface area contributed by atoms with Crippen LogP contribution in [-0.4, -0.2) is 18.5 Å². The van der Waals surface area contributed by atoms with E-state index in [4.69, 9.17) is 21.1 Å². The van der Waals surface area contributed by atoms with Crippen LogP contribution < -0.4 is 4.74 Å². The van der Waals surface area contributed by atoms with Gasteiger partial charge in [-0.2, -0.15) is 0 Å². The maximum absolute atomic E-state index is 12.4. The number of esters is 1. The summed E-state index contributed by atoms with van der Waals surface area (Å²) in [7, 11) is 0. The van der Waals surface area contributed by atoms with Crippen LogP contribution in [0.25, 0.3) is 6.08 Å². The van der Waals surface area contributed by atoms with Crippen molar-refractivity contribution in [1.29, 1.82) is 0 Å². The molecule has 162 valence electrons. The molecule has 3 aromatic rings. The van der Waals surface area contributed by atoms with Gasteiger partial charge in [0.05, 0.1) is 26.1 Å². The summed E-state index contributed by atoms with van der Waals surface area (Å²) in [5, 5.41) is 0.473. The van der Waals surface area contributed by atoms with Crippen LogP contribution in [0.15, 0.2) is 80.3 Å². The minimum absolute atomic E-state index is 0.198. The van der Waals surface area contributed by atoms with E-state index >= 15 is 0 Å². The average molecular weight is 688 g/mol. The Morgan fingerprint density at radius 2 is 1.78 bits per heavy atom. The first kappa shape index (κ1) is 23.5. The summed E-state index contributed by atoms with van der Waals surface area (Å²) in [5.41, 5.74) is 2.76. The second-order valence-electron chi connectivity index (χ2n) is 6.86. The van der Waals surface area contributed by atoms with Gasteiger partial charge in [-0.05, 0) is 102 Å². The molecular weight excluding hydrogens is 672 g/mol. The number of aliphatic imine (C=N–C) groups is 1. The van der Waals surface area contributed by atoms with Crippen LogP contribution in [0.1, 0.15) is 16.7 Å². The number of cyclic esters (lactones) is 1. The van der Waals surface area contributed by atoms with E-state index in [1.54, 1.807) is 12.1 Å². The lowest BCUT2D eigenvalue weighted by atomic mass is 10.1. The fraction of sp³-hybridized carbons (Fsp3) is 0.0833. The van der Waals surface area contributed by atoms with Crippen molar-refractivity contribution in [1.82, 2.24) is 0 Å². The van der Waals surface area contributed by atoms with E-state index in [1.807, 2.05) is 42.5 Å². The number of hydrogen-bond donors (Lipinski definition) is 0. The molecule has 0 bridgehead atoms. The smallest absolute Gasteiger partial charge is 0.363 e. The number of ether oxygens (including phenoxy) is 2. The highest BCUT2D eigenvalue weighted by atomic mass is 127. The van der Waals surface area contributed by atoms with Gasteiger partial charge in [-0.1, -0.05) is 41.9 Å². The van der Waals surface area contributed by atoms with Crippen molar-refractivity contribution in [2.75, 3.05) is 6.61 Å². The summed E-state index contributed by atoms with van der Waals surface area (Å²) < 4.78 is 13.8. The highest BCUT2D eigenvalue weighted by molar-refractivity contribution is 14.1. The van der Waals surface area contributed by atoms with Crippen LogP contribution in [0.4, 0.5) is 0 Å². The summed E-state index contributed by atoms with van der Waals surface area (Å²) in [6.07, 6.45) is 2.47. The van der Waals surface area contributed by atoms with E-state index in [1.165, 1.54) is 5.56 Å². The third-order valence-corrected chi connectivity index (χ3v) is 6.76. The van der Waals surface area contributed by atoms with Gasteiger partial charge in [-0.25, -0.2) is 9.79 Å². The Labute approximate surface area is 221 Å². The van der Waals surface area contributed by atoms with Crippen molar-refractivity contribution >= 4 is 84.0 Å². The molecular formula is C24H15Br2ClINO3. The lowest BCUT2D eigenvalue weighted by Gasteiger charge is -2.11. The Morgan fingerprint density at radius 1 is 1.06 bits per heavy atom. The summed E-state index contributed by atoms with van der Waals surface area (Å²) >= 11 is 15.5. The SMILES string of the molecule is O=C1OC(c2cc(I)ccc2Cl)=N/C1=C\c1cc(Br)c(OCCc2ccccc2)c(Br)c1. The van der Waals surface area contributed by atoms with Crippen LogP contribution in [0.2, 0.25) is 5.02 Å². The van der Waals surface area contributed by atoms with Gasteiger partial charge in [0.2, 0.25) is 5.90 Å². The van der Waals surface area contributed by atoms with Crippen LogP contribution in [0, 0.1) is 3.57 Å². The van der Waals surface area contributed by atoms with Gasteiger partial charge in [0.15, 0.2) is 5.70 Å². The molecule has 0 aliphatic carbocycles. The molecule has 0 radical (unpaired) electrons. The Hall–Kier alpha value is -1.68. The van der Waals surface area contributed by atoms with Gasteiger partial charge in [0.25, 0.3) is 0 Å². The number of hydrogen-bond acceptors (Lipinski definition) is 4. The van der Waals surface area contributed by atoms with E-state index in [-0.39, 0.29) is 11.6 Å². The number of carbonyl (C=O) groups excluding carboxylic acids is 1. The van der Waals surface area contributed by atoms with Crippen LogP contribution in [-0.2, 0) is 16.0 Å². The zero-order valence-corrected chi connectivity index (χ0v) is 22.5. The third-order valence-electron chi connectivity index (χ3n) is 4.58. The van der Waals surface area contributed by atoms with Crippen molar-refractivity contribution in [2.24, 2.45) is 4.99 Å². The van der Waals surface area contributed by atoms with E-state index in [9.17, 15) is 4.79 Å². The molecule has 0 saturated carbocycles. The molecule has 1 heterocycles. The molecule has 0 spiro atoms. The van der Waals surface area contributed by atoms with Crippen molar-refractivity contribution in [3.63, 3.8) is 0 Å². The van der Waals surface area contributed by atoms with Crippen molar-refractivity contribution in [3.8, 4) is 5.75 Å². The van der Waals surface area contributed by atoms with Crippen molar-refractivity contribution in [3.05, 3.63) is 101 Å². The highest BCUT2D eigenvalue weighted by Crippen LogP contribution is 2.36. The Morgan fingerprint density at radius 3 is 2.50 bits per heavy atom. The maximum atomic E-state index is 12.4. The molecule has 1 aliphatic heterocycles. The minimum Gasteiger partial charge on any atom is -0.491 e. The Kier molecular flexibility index (Phi) is 7.70. The van der Waals surface area contributed by atoms with Crippen LogP contribution in [0.3, 0.4) is 0 Å². The van der Waals surface area contributed by atoms with Crippen molar-refractivity contribution < 1.29 is 14.3 Å². The predicted molar refractivity (Wildman–Crippen MR) is 142 cm³/mol. The standard InChI is InChI=1S/C24H15Br2ClINO3/c25-18-10-15(11-19(26)22(18)31-9-8-14-4-2-1-3-5-14)12-21-24(30)32-23(29-21)17-13-16(28)6-7-20(17)27/h1-7,10-13H,8-9H2/b21-12-. The molecule has 0 unspecified atom stereocenters. The summed E-state index contributed by atoms with van der Waals surface area (Å²) in [5.74, 6) is 0.376. The third kappa shape index (κ3) is 5.62. The summed E-state index contributed by atoms with van der Waals surface area (Å²) in [4.78, 5) is 16.7. The van der Waals surface area contributed by atoms with Crippen LogP contribution >= 0.6 is 66.1 Å². The van der Waals surface area contributed by atoms with Crippen LogP contribution in [0.5, 0.6) is 5.75 Å². The number of nitrogens with zero attached hydrogens (tertiary/aromatic N) is 1. The quantitative estimate of drug-likeness (QED) is 0.154. The Bertz CT molecular complexity index is 1220. The van der Waals surface area contributed by atoms with Gasteiger partial charge < -0.3 is 9.47 Å². The maximum Gasteiger partial charge on any atom is 0.363 e. The molecule has 4 rings (SSSR count). The molecule has 0 fully saturated rings. The largest absolute Gasteiger partial charge is 0.491 e. The second kappa shape index (κ2) is 10.5. The van der Waals surface area contributed by atoms with E-state index in [0.29, 0.717) is 22.9 Å². The molecule has 1 aliphatic rings. The number of halogens is 4. The molecule has 32 heavy (non-hydrogen) atoms. The lowest BCUT2D eigenvalue weighted by Crippen LogP contribution is -2.06. The predicted octanol–water partition coefficient (Wildman–Crippen LogP) is 7.44. The molecule has 0 atom stereocenters. The van der Waals surface area contributed by atoms with E-state index in [2.05, 4.69) is 71.6 Å². The van der Waals surface area contributed by atoms with Gasteiger partial charge >= 0.3 is 5.97 Å². The molecule has 3 aromatic carbocycles. The monoisotopic (exact) mass is 685 g/mol. The first-order valence-corrected chi connectivity index (χ1v) is 12.6. The van der Waals surface area contributed by atoms with Gasteiger partial charge in [0, 0.05) is 9.99 Å². The number of carbonyl (C=O) groups is 1. The van der Waals surface area contributed by atoms with Crippen molar-refractivity contribution in [2.45, 2.75) is 6.42 Å². The van der Waals surface area contributed by atoms with E-state index < -0.39 is 5.97 Å². The van der Waals surface area contributed by atoms with E-state index in [0.717, 1.165) is 24.5 Å². The molecule has 0 aromatic heterocycles. The fourth-order valence-electron chi connectivity index (χ4n) is 3.06. The lowest BCUT2D eigenvalue weighted by molar-refractivity contribution is -0.129. The normalized spacial score (nSPS) is 14.4. The molecule has 8 heteroatoms. The Balaban J connectivity index is 1.53.